The van der Waals surface area contributed by atoms with Crippen LogP contribution in [-0.4, -0.2) is 80.5 Å². The zero-order valence-corrected chi connectivity index (χ0v) is 15.7. The van der Waals surface area contributed by atoms with Crippen molar-refractivity contribution in [3.63, 3.8) is 0 Å². The smallest absolute Gasteiger partial charge is 0.243 e. The second kappa shape index (κ2) is 8.30. The van der Waals surface area contributed by atoms with Crippen LogP contribution in [-0.2, 0) is 14.4 Å². The van der Waals surface area contributed by atoms with Crippen LogP contribution in [0, 0.1) is 0 Å². The van der Waals surface area contributed by atoms with E-state index in [1.165, 1.54) is 32.6 Å². The number of aliphatic hydroxyl groups excluding tert-OH is 1. The van der Waals surface area contributed by atoms with Crippen molar-refractivity contribution in [2.45, 2.75) is 70.0 Å². The van der Waals surface area contributed by atoms with E-state index in [1.54, 1.807) is 0 Å². The van der Waals surface area contributed by atoms with Crippen molar-refractivity contribution in [1.29, 1.82) is 0 Å². The summed E-state index contributed by atoms with van der Waals surface area (Å²) < 4.78 is 0. The Bertz CT molecular complexity index is 551. The number of amides is 3. The molecule has 0 aromatic carbocycles. The van der Waals surface area contributed by atoms with Gasteiger partial charge in [-0.05, 0) is 33.6 Å². The molecule has 3 amide bonds. The number of nitrogens with one attached hydrogen (secondary N) is 2. The molecular weight excluding hydrogens is 344 g/mol. The molecule has 1 heterocycles. The van der Waals surface area contributed by atoms with Crippen molar-refractivity contribution >= 4 is 17.7 Å². The van der Waals surface area contributed by atoms with E-state index in [9.17, 15) is 29.7 Å². The lowest BCUT2D eigenvalue weighted by Crippen LogP contribution is -2.70. The number of hydrogen-bond donors (Lipinski definition) is 6. The molecule has 4 atom stereocenters. The van der Waals surface area contributed by atoms with Crippen molar-refractivity contribution in [3.05, 3.63) is 0 Å². The zero-order valence-electron chi connectivity index (χ0n) is 15.7. The van der Waals surface area contributed by atoms with Crippen molar-refractivity contribution in [2.75, 3.05) is 13.2 Å². The van der Waals surface area contributed by atoms with Crippen molar-refractivity contribution in [3.8, 4) is 0 Å². The lowest BCUT2D eigenvalue weighted by molar-refractivity contribution is -0.229. The second-order valence-electron chi connectivity index (χ2n) is 7.13. The predicted molar refractivity (Wildman–Crippen MR) is 92.5 cm³/mol. The summed E-state index contributed by atoms with van der Waals surface area (Å²) in [5.74, 6) is -3.87. The van der Waals surface area contributed by atoms with E-state index in [-0.39, 0.29) is 5.91 Å². The lowest BCUT2D eigenvalue weighted by atomic mass is 9.87. The fraction of sp³-hybridized carbons (Fsp3) is 0.812. The van der Waals surface area contributed by atoms with Crippen LogP contribution in [0.1, 0.15) is 40.5 Å². The first kappa shape index (κ1) is 22.3. The van der Waals surface area contributed by atoms with Gasteiger partial charge >= 0.3 is 0 Å². The van der Waals surface area contributed by atoms with E-state index in [1.807, 2.05) is 0 Å². The molecule has 10 nitrogen and oxygen atoms in total. The minimum atomic E-state index is -2.57. The molecule has 0 unspecified atom stereocenters. The third-order valence-electron chi connectivity index (χ3n) is 4.84. The third kappa shape index (κ3) is 4.70. The van der Waals surface area contributed by atoms with Crippen LogP contribution in [0.25, 0.3) is 0 Å². The summed E-state index contributed by atoms with van der Waals surface area (Å²) in [4.78, 5) is 37.6. The highest BCUT2D eigenvalue weighted by Crippen LogP contribution is 2.21. The summed E-state index contributed by atoms with van der Waals surface area (Å²) in [6, 6.07) is -2.79. The number of carbonyl (C=O) groups excluding carboxylic acids is 3. The van der Waals surface area contributed by atoms with Gasteiger partial charge in [0.25, 0.3) is 0 Å². The van der Waals surface area contributed by atoms with Crippen LogP contribution in [0.5, 0.6) is 0 Å². The molecule has 1 aliphatic rings. The van der Waals surface area contributed by atoms with Crippen LogP contribution in [0.4, 0.5) is 0 Å². The number of hydrogen-bond acceptors (Lipinski definition) is 7. The molecular formula is C16H30N4O6. The first-order chi connectivity index (χ1) is 11.8. The highest BCUT2D eigenvalue weighted by Gasteiger charge is 2.47. The standard InChI is InChI=1S/C16H30N4O6/c1-9(18-14(24)12-6-5-7-20(12)11(3)22)13(23)19-10(2)16(25,26)15(4,17)8-21/h9-10,12,21,25-26H,5-8,17H2,1-4H3,(H,18,24)(H,19,23)/t9-,10-,12-,15-/m0/s1. The normalized spacial score (nSPS) is 22.3. The average molecular weight is 374 g/mol. The van der Waals surface area contributed by atoms with Crippen LogP contribution in [0.15, 0.2) is 0 Å². The quantitative estimate of drug-likeness (QED) is 0.266. The average Bonchev–Trinajstić information content (AvgIpc) is 3.04. The Balaban J connectivity index is 2.67. The Labute approximate surface area is 152 Å². The molecule has 150 valence electrons. The Hall–Kier alpha value is -1.75. The fourth-order valence-corrected chi connectivity index (χ4v) is 2.84. The maximum atomic E-state index is 12.3. The Morgan fingerprint density at radius 1 is 1.27 bits per heavy atom. The minimum Gasteiger partial charge on any atom is -0.394 e. The minimum absolute atomic E-state index is 0.204. The van der Waals surface area contributed by atoms with Crippen LogP contribution >= 0.6 is 0 Å². The highest BCUT2D eigenvalue weighted by atomic mass is 16.5. The molecule has 1 aliphatic heterocycles. The van der Waals surface area contributed by atoms with E-state index in [0.717, 1.165) is 0 Å². The zero-order chi connectivity index (χ0) is 20.3. The van der Waals surface area contributed by atoms with Gasteiger partial charge in [0.1, 0.15) is 12.1 Å². The lowest BCUT2D eigenvalue weighted by Gasteiger charge is -2.41. The predicted octanol–water partition coefficient (Wildman–Crippen LogP) is -2.60. The van der Waals surface area contributed by atoms with E-state index in [0.29, 0.717) is 19.4 Å². The molecule has 0 aromatic rings. The molecule has 0 spiro atoms. The van der Waals surface area contributed by atoms with Gasteiger partial charge in [0.2, 0.25) is 23.5 Å². The van der Waals surface area contributed by atoms with Crippen LogP contribution < -0.4 is 16.4 Å². The summed E-state index contributed by atoms with van der Waals surface area (Å²) in [5, 5.41) is 34.3. The third-order valence-corrected chi connectivity index (χ3v) is 4.84. The number of likely N-dealkylation sites (tertiary alicyclic amines) is 1. The van der Waals surface area contributed by atoms with Gasteiger partial charge in [0.05, 0.1) is 18.2 Å². The fourth-order valence-electron chi connectivity index (χ4n) is 2.84. The number of aliphatic hydroxyl groups is 3. The van der Waals surface area contributed by atoms with E-state index in [2.05, 4.69) is 10.6 Å². The first-order valence-corrected chi connectivity index (χ1v) is 8.57. The maximum Gasteiger partial charge on any atom is 0.243 e. The van der Waals surface area contributed by atoms with Gasteiger partial charge in [0, 0.05) is 13.5 Å². The summed E-state index contributed by atoms with van der Waals surface area (Å²) in [6.45, 7) is 5.17. The second-order valence-corrected chi connectivity index (χ2v) is 7.13. The van der Waals surface area contributed by atoms with E-state index < -0.39 is 47.9 Å². The van der Waals surface area contributed by atoms with E-state index >= 15 is 0 Å². The number of nitrogens with two attached hydrogens (primary N) is 1. The summed E-state index contributed by atoms with van der Waals surface area (Å²) in [5.41, 5.74) is 3.88. The van der Waals surface area contributed by atoms with Gasteiger partial charge in [-0.3, -0.25) is 14.4 Å². The monoisotopic (exact) mass is 374 g/mol. The number of carbonyl (C=O) groups is 3. The molecule has 1 fully saturated rings. The first-order valence-electron chi connectivity index (χ1n) is 8.57. The summed E-state index contributed by atoms with van der Waals surface area (Å²) in [6.07, 6.45) is 1.23. The molecule has 1 rings (SSSR count). The molecule has 0 radical (unpaired) electrons. The van der Waals surface area contributed by atoms with Crippen molar-refractivity contribution < 1.29 is 29.7 Å². The molecule has 26 heavy (non-hydrogen) atoms. The maximum absolute atomic E-state index is 12.3. The number of rotatable bonds is 7. The SMILES string of the molecule is CC(=O)N1CCC[C@H]1C(=O)N[C@@H](C)C(=O)N[C@@H](C)C(O)(O)[C@@](C)(N)CO. The Morgan fingerprint density at radius 3 is 2.35 bits per heavy atom. The van der Waals surface area contributed by atoms with Gasteiger partial charge in [0.15, 0.2) is 0 Å². The van der Waals surface area contributed by atoms with Gasteiger partial charge < -0.3 is 36.6 Å². The molecule has 0 aromatic heterocycles. The molecule has 0 saturated carbocycles. The van der Waals surface area contributed by atoms with Crippen LogP contribution in [0.2, 0.25) is 0 Å². The molecule has 10 heteroatoms. The highest BCUT2D eigenvalue weighted by molar-refractivity contribution is 5.92. The molecule has 7 N–H and O–H groups in total. The van der Waals surface area contributed by atoms with Crippen LogP contribution in [0.3, 0.4) is 0 Å². The van der Waals surface area contributed by atoms with Gasteiger partial charge in [-0.15, -0.1) is 0 Å². The largest absolute Gasteiger partial charge is 0.394 e. The van der Waals surface area contributed by atoms with E-state index in [4.69, 9.17) is 5.73 Å². The van der Waals surface area contributed by atoms with Gasteiger partial charge in [-0.2, -0.15) is 0 Å². The van der Waals surface area contributed by atoms with Crippen molar-refractivity contribution in [1.82, 2.24) is 15.5 Å². The molecule has 1 saturated heterocycles. The molecule has 0 aliphatic carbocycles. The molecule has 0 bridgehead atoms. The number of nitrogens with zero attached hydrogens (tertiary/aromatic N) is 1. The Morgan fingerprint density at radius 2 is 1.85 bits per heavy atom. The van der Waals surface area contributed by atoms with Gasteiger partial charge in [-0.1, -0.05) is 0 Å². The topological polar surface area (TPSA) is 165 Å². The summed E-state index contributed by atoms with van der Waals surface area (Å²) >= 11 is 0. The van der Waals surface area contributed by atoms with Gasteiger partial charge in [-0.25, -0.2) is 0 Å². The van der Waals surface area contributed by atoms with Crippen molar-refractivity contribution in [2.24, 2.45) is 5.73 Å². The Kier molecular flexibility index (Phi) is 7.11. The summed E-state index contributed by atoms with van der Waals surface area (Å²) in [7, 11) is 0.